The molecular formula is C23H26N6OS. The molecular weight excluding hydrogens is 408 g/mol. The highest BCUT2D eigenvalue weighted by Gasteiger charge is 2.23. The van der Waals surface area contributed by atoms with Crippen molar-refractivity contribution in [3.05, 3.63) is 41.2 Å². The highest BCUT2D eigenvalue weighted by atomic mass is 32.1. The van der Waals surface area contributed by atoms with Crippen molar-refractivity contribution in [2.24, 2.45) is 0 Å². The maximum Gasteiger partial charge on any atom is 0.261 e. The van der Waals surface area contributed by atoms with E-state index in [1.165, 1.54) is 43.9 Å². The second kappa shape index (κ2) is 7.76. The molecule has 2 N–H and O–H groups in total. The molecule has 7 nitrogen and oxygen atoms in total. The lowest BCUT2D eigenvalue weighted by atomic mass is 9.95. The third kappa shape index (κ3) is 3.25. The monoisotopic (exact) mass is 434 g/mol. The Morgan fingerprint density at radius 3 is 2.74 bits per heavy atom. The predicted octanol–water partition coefficient (Wildman–Crippen LogP) is 3.92. The fraction of sp³-hybridized carbons (Fsp3) is 0.435. The molecule has 2 fully saturated rings. The van der Waals surface area contributed by atoms with Crippen molar-refractivity contribution < 1.29 is 0 Å². The van der Waals surface area contributed by atoms with Gasteiger partial charge in [-0.15, -0.1) is 11.3 Å². The molecule has 0 spiro atoms. The van der Waals surface area contributed by atoms with Crippen molar-refractivity contribution in [2.75, 3.05) is 31.1 Å². The summed E-state index contributed by atoms with van der Waals surface area (Å²) >= 11 is 1.67. The summed E-state index contributed by atoms with van der Waals surface area (Å²) in [6.07, 6.45) is 9.95. The lowest BCUT2D eigenvalue weighted by Gasteiger charge is -2.28. The van der Waals surface area contributed by atoms with Crippen LogP contribution in [0.2, 0.25) is 0 Å². The number of hydrogen-bond donors (Lipinski definition) is 2. The number of benzene rings is 1. The number of anilines is 1. The number of fused-ring (bicyclic) bond motifs is 2. The van der Waals surface area contributed by atoms with E-state index >= 15 is 0 Å². The van der Waals surface area contributed by atoms with E-state index in [2.05, 4.69) is 43.0 Å². The minimum absolute atomic E-state index is 0.0660. The number of rotatable bonds is 3. The number of imidazole rings is 1. The first-order valence-electron chi connectivity index (χ1n) is 11.2. The number of nitrogens with zero attached hydrogens (tertiary/aromatic N) is 4. The third-order valence-corrected chi connectivity index (χ3v) is 7.98. The number of aromatic amines is 1. The van der Waals surface area contributed by atoms with E-state index in [-0.39, 0.29) is 5.56 Å². The SMILES string of the molecule is O=c1[nH]cnc2c(-c3ccc4c(c3)ncn4C3CCCCC3)sc(N3CCNCC3)c12. The normalized spacial score (nSPS) is 18.3. The van der Waals surface area contributed by atoms with Crippen LogP contribution in [0.25, 0.3) is 32.4 Å². The predicted molar refractivity (Wildman–Crippen MR) is 126 cm³/mol. The van der Waals surface area contributed by atoms with Crippen molar-refractivity contribution in [3.63, 3.8) is 0 Å². The summed E-state index contributed by atoms with van der Waals surface area (Å²) in [5, 5.41) is 5.11. The minimum atomic E-state index is -0.0660. The van der Waals surface area contributed by atoms with Gasteiger partial charge >= 0.3 is 0 Å². The Morgan fingerprint density at radius 1 is 1.06 bits per heavy atom. The van der Waals surface area contributed by atoms with E-state index in [4.69, 9.17) is 4.98 Å². The van der Waals surface area contributed by atoms with Crippen LogP contribution in [0.4, 0.5) is 5.00 Å². The van der Waals surface area contributed by atoms with Gasteiger partial charge in [0.05, 0.1) is 34.1 Å². The Bertz CT molecular complexity index is 1290. The van der Waals surface area contributed by atoms with Crippen LogP contribution in [-0.4, -0.2) is 45.7 Å². The number of H-pyrrole nitrogens is 1. The standard InChI is InChI=1S/C23H26N6OS/c30-22-19-20(25-13-26-22)21(31-23(19)28-10-8-24-9-11-28)15-6-7-18-17(12-15)27-14-29(18)16-4-2-1-3-5-16/h6-7,12-14,16,24H,1-5,8-11H2,(H,25,26,30). The van der Waals surface area contributed by atoms with Crippen molar-refractivity contribution in [1.82, 2.24) is 24.8 Å². The molecule has 3 aromatic heterocycles. The number of aromatic nitrogens is 4. The molecule has 1 aliphatic heterocycles. The Morgan fingerprint density at radius 2 is 1.90 bits per heavy atom. The summed E-state index contributed by atoms with van der Waals surface area (Å²) in [6.45, 7) is 3.65. The van der Waals surface area contributed by atoms with E-state index in [1.54, 1.807) is 11.3 Å². The van der Waals surface area contributed by atoms with E-state index in [1.807, 2.05) is 6.33 Å². The molecule has 0 atom stereocenters. The lowest BCUT2D eigenvalue weighted by Crippen LogP contribution is -2.43. The minimum Gasteiger partial charge on any atom is -0.360 e. The van der Waals surface area contributed by atoms with Crippen molar-refractivity contribution in [1.29, 1.82) is 0 Å². The number of piperazine rings is 1. The fourth-order valence-electron chi connectivity index (χ4n) is 5.08. The summed E-state index contributed by atoms with van der Waals surface area (Å²) in [5.41, 5.74) is 4.01. The molecule has 6 rings (SSSR count). The molecule has 4 aromatic rings. The van der Waals surface area contributed by atoms with Crippen molar-refractivity contribution in [2.45, 2.75) is 38.1 Å². The second-order valence-corrected chi connectivity index (χ2v) is 9.57. The first-order chi connectivity index (χ1) is 15.3. The van der Waals surface area contributed by atoms with Gasteiger partial charge in [0.25, 0.3) is 5.56 Å². The van der Waals surface area contributed by atoms with Crippen LogP contribution < -0.4 is 15.8 Å². The molecule has 0 amide bonds. The van der Waals surface area contributed by atoms with Crippen LogP contribution in [0.1, 0.15) is 38.1 Å². The van der Waals surface area contributed by atoms with E-state index in [9.17, 15) is 4.79 Å². The molecule has 2 aliphatic rings. The lowest BCUT2D eigenvalue weighted by molar-refractivity contribution is 0.359. The van der Waals surface area contributed by atoms with Gasteiger partial charge in [-0.3, -0.25) is 4.79 Å². The van der Waals surface area contributed by atoms with Crippen LogP contribution in [0.5, 0.6) is 0 Å². The van der Waals surface area contributed by atoms with Gasteiger partial charge in [0, 0.05) is 32.2 Å². The maximum absolute atomic E-state index is 12.7. The third-order valence-electron chi connectivity index (χ3n) is 6.69. The first-order valence-corrected chi connectivity index (χ1v) is 12.0. The van der Waals surface area contributed by atoms with E-state index in [0.717, 1.165) is 52.7 Å². The summed E-state index contributed by atoms with van der Waals surface area (Å²) in [6, 6.07) is 7.07. The van der Waals surface area contributed by atoms with E-state index < -0.39 is 0 Å². The van der Waals surface area contributed by atoms with Crippen LogP contribution in [-0.2, 0) is 0 Å². The van der Waals surface area contributed by atoms with Gasteiger partial charge in [0.1, 0.15) is 10.4 Å². The molecule has 160 valence electrons. The molecule has 1 aliphatic carbocycles. The average molecular weight is 435 g/mol. The Balaban J connectivity index is 1.46. The molecule has 1 aromatic carbocycles. The molecule has 4 heterocycles. The topological polar surface area (TPSA) is 78.8 Å². The van der Waals surface area contributed by atoms with Gasteiger partial charge in [0.2, 0.25) is 0 Å². The Labute approximate surface area is 184 Å². The molecule has 1 saturated carbocycles. The highest BCUT2D eigenvalue weighted by Crippen LogP contribution is 2.42. The van der Waals surface area contributed by atoms with Crippen molar-refractivity contribution >= 4 is 38.3 Å². The average Bonchev–Trinajstić information content (AvgIpc) is 3.42. The fourth-order valence-corrected chi connectivity index (χ4v) is 6.37. The quantitative estimate of drug-likeness (QED) is 0.511. The van der Waals surface area contributed by atoms with Gasteiger partial charge in [0.15, 0.2) is 0 Å². The summed E-state index contributed by atoms with van der Waals surface area (Å²) in [4.78, 5) is 28.2. The smallest absolute Gasteiger partial charge is 0.261 e. The van der Waals surface area contributed by atoms with Gasteiger partial charge in [-0.2, -0.15) is 0 Å². The van der Waals surface area contributed by atoms with Crippen LogP contribution in [0, 0.1) is 0 Å². The molecule has 1 saturated heterocycles. The maximum atomic E-state index is 12.7. The summed E-state index contributed by atoms with van der Waals surface area (Å²) in [7, 11) is 0. The van der Waals surface area contributed by atoms with Gasteiger partial charge in [-0.25, -0.2) is 9.97 Å². The molecule has 31 heavy (non-hydrogen) atoms. The zero-order valence-corrected chi connectivity index (χ0v) is 18.2. The van der Waals surface area contributed by atoms with Gasteiger partial charge in [-0.1, -0.05) is 25.3 Å². The number of hydrogen-bond acceptors (Lipinski definition) is 6. The zero-order chi connectivity index (χ0) is 20.8. The zero-order valence-electron chi connectivity index (χ0n) is 17.4. The summed E-state index contributed by atoms with van der Waals surface area (Å²) < 4.78 is 2.36. The second-order valence-electron chi connectivity index (χ2n) is 8.58. The number of thiophene rings is 1. The number of nitrogens with one attached hydrogen (secondary N) is 2. The molecule has 0 radical (unpaired) electrons. The Hall–Kier alpha value is -2.71. The van der Waals surface area contributed by atoms with E-state index in [0.29, 0.717) is 11.4 Å². The highest BCUT2D eigenvalue weighted by molar-refractivity contribution is 7.21. The largest absolute Gasteiger partial charge is 0.360 e. The molecule has 0 bridgehead atoms. The Kier molecular flexibility index (Phi) is 4.76. The van der Waals surface area contributed by atoms with Crippen molar-refractivity contribution in [3.8, 4) is 10.4 Å². The van der Waals surface area contributed by atoms with Gasteiger partial charge in [-0.05, 0) is 30.5 Å². The first kappa shape index (κ1) is 19.0. The van der Waals surface area contributed by atoms with Crippen LogP contribution in [0.3, 0.4) is 0 Å². The summed E-state index contributed by atoms with van der Waals surface area (Å²) in [5.74, 6) is 0. The molecule has 8 heteroatoms. The van der Waals surface area contributed by atoms with Crippen LogP contribution >= 0.6 is 11.3 Å². The molecule has 0 unspecified atom stereocenters. The van der Waals surface area contributed by atoms with Gasteiger partial charge < -0.3 is 19.8 Å². The van der Waals surface area contributed by atoms with Crippen LogP contribution in [0.15, 0.2) is 35.6 Å².